The summed E-state index contributed by atoms with van der Waals surface area (Å²) >= 11 is 0. The second kappa shape index (κ2) is 6.88. The maximum Gasteiger partial charge on any atom is 0.374 e. The molecule has 1 unspecified atom stereocenters. The van der Waals surface area contributed by atoms with Gasteiger partial charge in [0.1, 0.15) is 0 Å². The maximum atomic E-state index is 12.3. The molecular formula is C18H20N2O4. The molecule has 1 amide bonds. The monoisotopic (exact) mass is 328 g/mol. The number of carbonyl (C=O) groups excluding carboxylic acids is 2. The summed E-state index contributed by atoms with van der Waals surface area (Å²) in [6.45, 7) is 1.08. The van der Waals surface area contributed by atoms with E-state index in [1.807, 2.05) is 12.1 Å². The predicted octanol–water partition coefficient (Wildman–Crippen LogP) is 1.74. The largest absolute Gasteiger partial charge is 0.463 e. The minimum absolute atomic E-state index is 0.0346. The third kappa shape index (κ3) is 3.05. The van der Waals surface area contributed by atoms with Crippen LogP contribution >= 0.6 is 0 Å². The van der Waals surface area contributed by atoms with Crippen molar-refractivity contribution >= 4 is 11.9 Å². The molecule has 1 aromatic heterocycles. The first kappa shape index (κ1) is 16.3. The lowest BCUT2D eigenvalue weighted by molar-refractivity contribution is -0.126. The average Bonchev–Trinajstić information content (AvgIpc) is 3.08. The highest BCUT2D eigenvalue weighted by atomic mass is 16.5. The van der Waals surface area contributed by atoms with Gasteiger partial charge >= 0.3 is 5.97 Å². The van der Waals surface area contributed by atoms with Gasteiger partial charge in [-0.2, -0.15) is 0 Å². The van der Waals surface area contributed by atoms with E-state index in [-0.39, 0.29) is 17.7 Å². The van der Waals surface area contributed by atoms with Crippen LogP contribution < -0.4 is 5.32 Å². The molecule has 24 heavy (non-hydrogen) atoms. The van der Waals surface area contributed by atoms with Gasteiger partial charge in [-0.3, -0.25) is 9.69 Å². The molecule has 0 aliphatic carbocycles. The molecular weight excluding hydrogens is 308 g/mol. The highest BCUT2D eigenvalue weighted by Crippen LogP contribution is 2.26. The first-order valence-electron chi connectivity index (χ1n) is 7.81. The summed E-state index contributed by atoms with van der Waals surface area (Å²) in [5.74, 6) is -0.358. The van der Waals surface area contributed by atoms with Gasteiger partial charge in [0.15, 0.2) is 0 Å². The van der Waals surface area contributed by atoms with E-state index in [4.69, 9.17) is 9.15 Å². The Morgan fingerprint density at radius 1 is 1.29 bits per heavy atom. The number of furan rings is 1. The van der Waals surface area contributed by atoms with Crippen molar-refractivity contribution < 1.29 is 18.7 Å². The number of benzene rings is 1. The number of esters is 1. The average molecular weight is 328 g/mol. The summed E-state index contributed by atoms with van der Waals surface area (Å²) in [5, 5.41) is 2.73. The van der Waals surface area contributed by atoms with E-state index in [2.05, 4.69) is 22.3 Å². The molecule has 1 aromatic carbocycles. The normalized spacial score (nSPS) is 17.2. The summed E-state index contributed by atoms with van der Waals surface area (Å²) in [7, 11) is 2.96. The molecule has 0 radical (unpaired) electrons. The molecule has 1 aliphatic heterocycles. The van der Waals surface area contributed by atoms with Crippen molar-refractivity contribution in [3.05, 3.63) is 59.0 Å². The molecule has 2 heterocycles. The third-order valence-electron chi connectivity index (χ3n) is 4.39. The lowest BCUT2D eigenvalue weighted by atomic mass is 9.93. The van der Waals surface area contributed by atoms with Crippen LogP contribution in [0.5, 0.6) is 0 Å². The lowest BCUT2D eigenvalue weighted by Crippen LogP contribution is -2.49. The summed E-state index contributed by atoms with van der Waals surface area (Å²) in [5.41, 5.74) is 3.10. The van der Waals surface area contributed by atoms with Gasteiger partial charge in [0.2, 0.25) is 11.7 Å². The molecule has 6 heteroatoms. The van der Waals surface area contributed by atoms with Crippen LogP contribution in [0.15, 0.2) is 41.0 Å². The first-order chi connectivity index (χ1) is 11.6. The summed E-state index contributed by atoms with van der Waals surface area (Å²) in [4.78, 5) is 26.2. The molecule has 0 saturated carbocycles. The van der Waals surface area contributed by atoms with Gasteiger partial charge in [-0.15, -0.1) is 0 Å². The fourth-order valence-electron chi connectivity index (χ4n) is 3.12. The van der Waals surface area contributed by atoms with E-state index in [0.717, 1.165) is 5.56 Å². The first-order valence-corrected chi connectivity index (χ1v) is 7.81. The number of amides is 1. The van der Waals surface area contributed by atoms with E-state index >= 15 is 0 Å². The molecule has 6 nitrogen and oxygen atoms in total. The van der Waals surface area contributed by atoms with Crippen LogP contribution in [0.2, 0.25) is 0 Å². The molecule has 1 aliphatic rings. The number of nitrogens with one attached hydrogen (secondary N) is 1. The van der Waals surface area contributed by atoms with Crippen LogP contribution in [0, 0.1) is 0 Å². The second-order valence-electron chi connectivity index (χ2n) is 5.77. The Morgan fingerprint density at radius 2 is 2.04 bits per heavy atom. The molecule has 1 atom stereocenters. The topological polar surface area (TPSA) is 71.8 Å². The van der Waals surface area contributed by atoms with Crippen molar-refractivity contribution in [3.8, 4) is 0 Å². The molecule has 1 N–H and O–H groups in total. The van der Waals surface area contributed by atoms with Crippen molar-refractivity contribution in [2.75, 3.05) is 14.2 Å². The molecule has 3 rings (SSSR count). The Kier molecular flexibility index (Phi) is 4.66. The number of ether oxygens (including phenoxy) is 1. The Labute approximate surface area is 140 Å². The van der Waals surface area contributed by atoms with E-state index in [1.165, 1.54) is 24.5 Å². The number of nitrogens with zero attached hydrogens (tertiary/aromatic N) is 1. The van der Waals surface area contributed by atoms with E-state index < -0.39 is 5.97 Å². The van der Waals surface area contributed by atoms with E-state index in [9.17, 15) is 9.59 Å². The van der Waals surface area contributed by atoms with E-state index in [1.54, 1.807) is 13.1 Å². The quantitative estimate of drug-likeness (QED) is 0.866. The Morgan fingerprint density at radius 3 is 2.75 bits per heavy atom. The number of fused-ring (bicyclic) bond motifs is 1. The van der Waals surface area contributed by atoms with Crippen molar-refractivity contribution in [1.82, 2.24) is 10.2 Å². The van der Waals surface area contributed by atoms with Gasteiger partial charge in [0, 0.05) is 25.7 Å². The fraction of sp³-hybridized carbons (Fsp3) is 0.333. The predicted molar refractivity (Wildman–Crippen MR) is 87.3 cm³/mol. The van der Waals surface area contributed by atoms with Gasteiger partial charge in [0.05, 0.1) is 19.4 Å². The minimum atomic E-state index is -0.510. The van der Waals surface area contributed by atoms with Gasteiger partial charge in [-0.1, -0.05) is 24.3 Å². The fourth-order valence-corrected chi connectivity index (χ4v) is 3.12. The van der Waals surface area contributed by atoms with Crippen LogP contribution in [0.3, 0.4) is 0 Å². The Balaban J connectivity index is 1.89. The van der Waals surface area contributed by atoms with Gasteiger partial charge in [-0.25, -0.2) is 4.79 Å². The zero-order valence-electron chi connectivity index (χ0n) is 13.7. The van der Waals surface area contributed by atoms with Crippen LogP contribution in [0.4, 0.5) is 0 Å². The van der Waals surface area contributed by atoms with Crippen LogP contribution in [-0.4, -0.2) is 37.0 Å². The number of carbonyl (C=O) groups is 2. The standard InChI is InChI=1S/C18H20N2O4/c1-19-17(21)15-9-12-5-3-4-6-13(12)10-20(15)11-14-7-8-24-16(14)18(22)23-2/h3-8,15H,9-11H2,1-2H3,(H,19,21). The Hall–Kier alpha value is -2.60. The number of hydrogen-bond acceptors (Lipinski definition) is 5. The van der Waals surface area contributed by atoms with Crippen LogP contribution in [-0.2, 0) is 29.0 Å². The van der Waals surface area contributed by atoms with Crippen molar-refractivity contribution in [3.63, 3.8) is 0 Å². The van der Waals surface area contributed by atoms with Gasteiger partial charge < -0.3 is 14.5 Å². The number of rotatable bonds is 4. The van der Waals surface area contributed by atoms with Crippen LogP contribution in [0.1, 0.15) is 27.2 Å². The molecule has 2 aromatic rings. The summed E-state index contributed by atoms with van der Waals surface area (Å²) < 4.78 is 9.99. The summed E-state index contributed by atoms with van der Waals surface area (Å²) in [6, 6.07) is 9.56. The molecule has 126 valence electrons. The third-order valence-corrected chi connectivity index (χ3v) is 4.39. The SMILES string of the molecule is CNC(=O)C1Cc2ccccc2CN1Cc1ccoc1C(=O)OC. The smallest absolute Gasteiger partial charge is 0.374 e. The van der Waals surface area contributed by atoms with Crippen molar-refractivity contribution in [1.29, 1.82) is 0 Å². The highest BCUT2D eigenvalue weighted by molar-refractivity contribution is 5.88. The highest BCUT2D eigenvalue weighted by Gasteiger charge is 2.32. The second-order valence-corrected chi connectivity index (χ2v) is 5.77. The van der Waals surface area contributed by atoms with Crippen LogP contribution in [0.25, 0.3) is 0 Å². The minimum Gasteiger partial charge on any atom is -0.463 e. The number of hydrogen-bond donors (Lipinski definition) is 1. The van der Waals surface area contributed by atoms with Gasteiger partial charge in [0.25, 0.3) is 0 Å². The van der Waals surface area contributed by atoms with E-state index in [0.29, 0.717) is 19.5 Å². The Bertz CT molecular complexity index is 753. The van der Waals surface area contributed by atoms with Gasteiger partial charge in [-0.05, 0) is 23.6 Å². The molecule has 0 saturated heterocycles. The zero-order valence-corrected chi connectivity index (χ0v) is 13.7. The maximum absolute atomic E-state index is 12.3. The molecule has 0 bridgehead atoms. The number of likely N-dealkylation sites (N-methyl/N-ethyl adjacent to an activating group) is 1. The number of methoxy groups -OCH3 is 1. The lowest BCUT2D eigenvalue weighted by Gasteiger charge is -2.35. The van der Waals surface area contributed by atoms with Crippen molar-refractivity contribution in [2.24, 2.45) is 0 Å². The zero-order chi connectivity index (χ0) is 17.1. The van der Waals surface area contributed by atoms with Crippen molar-refractivity contribution in [2.45, 2.75) is 25.6 Å². The molecule has 0 spiro atoms. The summed E-state index contributed by atoms with van der Waals surface area (Å²) in [6.07, 6.45) is 2.11. The molecule has 0 fully saturated rings.